The van der Waals surface area contributed by atoms with Gasteiger partial charge in [-0.05, 0) is 35.4 Å². The molecule has 0 radical (unpaired) electrons. The average Bonchev–Trinajstić information content (AvgIpc) is 3.46. The second kappa shape index (κ2) is 16.8. The molecule has 2 aromatic carbocycles. The molecule has 0 N–H and O–H groups in total. The van der Waals surface area contributed by atoms with E-state index in [0.717, 1.165) is 61.2 Å². The van der Waals surface area contributed by atoms with Crippen LogP contribution in [0.2, 0.25) is 0 Å². The van der Waals surface area contributed by atoms with Crippen LogP contribution >= 0.6 is 0 Å². The molecular formula is C30H41N3O7. The third kappa shape index (κ3) is 10.1. The van der Waals surface area contributed by atoms with Gasteiger partial charge in [-0.2, -0.15) is 4.98 Å². The molecule has 0 bridgehead atoms. The third-order valence-electron chi connectivity index (χ3n) is 6.42. The molecule has 0 spiro atoms. The van der Waals surface area contributed by atoms with Gasteiger partial charge < -0.3 is 37.7 Å². The van der Waals surface area contributed by atoms with Gasteiger partial charge in [0.25, 0.3) is 6.01 Å². The smallest absolute Gasteiger partial charge is 0.298 e. The summed E-state index contributed by atoms with van der Waals surface area (Å²) in [6.45, 7) is 8.74. The Morgan fingerprint density at radius 1 is 0.850 bits per heavy atom. The van der Waals surface area contributed by atoms with Gasteiger partial charge in [0.1, 0.15) is 30.1 Å². The summed E-state index contributed by atoms with van der Waals surface area (Å²) < 4.78 is 39.1. The van der Waals surface area contributed by atoms with E-state index in [9.17, 15) is 0 Å². The number of nitrogens with zero attached hydrogens (tertiary/aromatic N) is 3. The van der Waals surface area contributed by atoms with Gasteiger partial charge in [-0.3, -0.25) is 4.90 Å². The minimum Gasteiger partial charge on any atom is -0.497 e. The van der Waals surface area contributed by atoms with E-state index in [1.165, 1.54) is 0 Å². The van der Waals surface area contributed by atoms with Crippen molar-refractivity contribution in [2.24, 2.45) is 0 Å². The highest BCUT2D eigenvalue weighted by Gasteiger charge is 2.16. The second-order valence-electron chi connectivity index (χ2n) is 9.44. The van der Waals surface area contributed by atoms with Gasteiger partial charge >= 0.3 is 0 Å². The number of methoxy groups -OCH3 is 2. The van der Waals surface area contributed by atoms with E-state index in [0.29, 0.717) is 58.7 Å². The molecule has 10 heteroatoms. The highest BCUT2D eigenvalue weighted by atomic mass is 16.5. The molecule has 2 heterocycles. The van der Waals surface area contributed by atoms with Crippen molar-refractivity contribution in [3.63, 3.8) is 0 Å². The van der Waals surface area contributed by atoms with Crippen molar-refractivity contribution in [2.45, 2.75) is 19.7 Å². The highest BCUT2D eigenvalue weighted by Crippen LogP contribution is 2.23. The fraction of sp³-hybridized carbons (Fsp3) is 0.500. The molecule has 0 amide bonds. The van der Waals surface area contributed by atoms with Crippen molar-refractivity contribution >= 4 is 6.01 Å². The summed E-state index contributed by atoms with van der Waals surface area (Å²) in [5.41, 5.74) is 2.88. The molecule has 40 heavy (non-hydrogen) atoms. The number of rotatable bonds is 18. The van der Waals surface area contributed by atoms with Gasteiger partial charge in [-0.25, -0.2) is 0 Å². The number of anilines is 1. The lowest BCUT2D eigenvalue weighted by atomic mass is 10.1. The van der Waals surface area contributed by atoms with Crippen molar-refractivity contribution in [2.75, 3.05) is 85.0 Å². The number of oxazole rings is 1. The van der Waals surface area contributed by atoms with Crippen LogP contribution < -0.4 is 14.4 Å². The fourth-order valence-corrected chi connectivity index (χ4v) is 4.30. The Labute approximate surface area is 236 Å². The molecule has 1 aromatic heterocycles. The van der Waals surface area contributed by atoms with Crippen LogP contribution in [-0.2, 0) is 38.6 Å². The first-order valence-electron chi connectivity index (χ1n) is 13.7. The molecule has 1 aliphatic heterocycles. The Morgan fingerprint density at radius 3 is 2.33 bits per heavy atom. The van der Waals surface area contributed by atoms with Crippen LogP contribution in [0.4, 0.5) is 6.01 Å². The average molecular weight is 556 g/mol. The van der Waals surface area contributed by atoms with E-state index >= 15 is 0 Å². The monoisotopic (exact) mass is 555 g/mol. The van der Waals surface area contributed by atoms with Crippen LogP contribution in [-0.4, -0.2) is 90.0 Å². The summed E-state index contributed by atoms with van der Waals surface area (Å²) in [4.78, 5) is 9.15. The lowest BCUT2D eigenvalue weighted by molar-refractivity contribution is 0.00552. The standard InChI is InChI=1S/C30H41N3O7/c1-34-15-18-39-29-8-4-6-26(20-29)22-33(21-25-5-3-7-28(19-25)35-2)30-31-27(24-40-30)23-38-17-16-37-14-11-32-9-12-36-13-10-32/h3-8,19-20,24H,9-18,21-23H2,1-2H3. The van der Waals surface area contributed by atoms with E-state index < -0.39 is 0 Å². The van der Waals surface area contributed by atoms with Crippen LogP contribution in [0.5, 0.6) is 11.5 Å². The van der Waals surface area contributed by atoms with E-state index in [-0.39, 0.29) is 0 Å². The zero-order valence-corrected chi connectivity index (χ0v) is 23.6. The first kappa shape index (κ1) is 29.8. The first-order chi connectivity index (χ1) is 19.7. The summed E-state index contributed by atoms with van der Waals surface area (Å²) in [5.74, 6) is 1.60. The summed E-state index contributed by atoms with van der Waals surface area (Å²) >= 11 is 0. The zero-order chi connectivity index (χ0) is 27.8. The zero-order valence-electron chi connectivity index (χ0n) is 23.6. The van der Waals surface area contributed by atoms with Crippen LogP contribution in [0.25, 0.3) is 0 Å². The number of benzene rings is 2. The molecule has 0 atom stereocenters. The van der Waals surface area contributed by atoms with Gasteiger partial charge in [0.15, 0.2) is 0 Å². The van der Waals surface area contributed by atoms with Crippen LogP contribution in [0.1, 0.15) is 16.8 Å². The third-order valence-corrected chi connectivity index (χ3v) is 6.42. The summed E-state index contributed by atoms with van der Waals surface area (Å²) in [6, 6.07) is 16.5. The topological polar surface area (TPSA) is 87.9 Å². The van der Waals surface area contributed by atoms with Crippen molar-refractivity contribution in [1.29, 1.82) is 0 Å². The van der Waals surface area contributed by atoms with Crippen molar-refractivity contribution in [1.82, 2.24) is 9.88 Å². The maximum Gasteiger partial charge on any atom is 0.298 e. The molecule has 1 fully saturated rings. The van der Waals surface area contributed by atoms with Crippen molar-refractivity contribution in [3.8, 4) is 11.5 Å². The van der Waals surface area contributed by atoms with Crippen LogP contribution in [0.15, 0.2) is 59.2 Å². The summed E-state index contributed by atoms with van der Waals surface area (Å²) in [6.07, 6.45) is 1.65. The minimum atomic E-state index is 0.353. The van der Waals surface area contributed by atoms with Gasteiger partial charge in [-0.1, -0.05) is 24.3 Å². The van der Waals surface area contributed by atoms with Crippen molar-refractivity contribution < 1.29 is 32.8 Å². The molecule has 0 saturated carbocycles. The molecule has 4 rings (SSSR count). The molecule has 1 saturated heterocycles. The Balaban J connectivity index is 1.31. The van der Waals surface area contributed by atoms with Crippen molar-refractivity contribution in [3.05, 3.63) is 71.6 Å². The first-order valence-corrected chi connectivity index (χ1v) is 13.7. The highest BCUT2D eigenvalue weighted by molar-refractivity contribution is 5.37. The van der Waals surface area contributed by atoms with Crippen LogP contribution in [0.3, 0.4) is 0 Å². The van der Waals surface area contributed by atoms with E-state index in [4.69, 9.17) is 37.8 Å². The number of hydrogen-bond acceptors (Lipinski definition) is 10. The lowest BCUT2D eigenvalue weighted by Gasteiger charge is -2.26. The lowest BCUT2D eigenvalue weighted by Crippen LogP contribution is -2.38. The molecule has 1 aliphatic rings. The van der Waals surface area contributed by atoms with Gasteiger partial charge in [0, 0.05) is 39.8 Å². The number of aromatic nitrogens is 1. The summed E-state index contributed by atoms with van der Waals surface area (Å²) in [7, 11) is 3.33. The molecular weight excluding hydrogens is 514 g/mol. The molecule has 0 aliphatic carbocycles. The van der Waals surface area contributed by atoms with Crippen LogP contribution in [0, 0.1) is 0 Å². The second-order valence-corrected chi connectivity index (χ2v) is 9.44. The molecule has 10 nitrogen and oxygen atoms in total. The predicted octanol–water partition coefficient (Wildman–Crippen LogP) is 3.78. The van der Waals surface area contributed by atoms with Gasteiger partial charge in [0.05, 0.1) is 53.4 Å². The number of hydrogen-bond donors (Lipinski definition) is 0. The summed E-state index contributed by atoms with van der Waals surface area (Å²) in [5, 5.41) is 0. The Bertz CT molecular complexity index is 1120. The maximum atomic E-state index is 5.91. The van der Waals surface area contributed by atoms with E-state index in [2.05, 4.69) is 21.9 Å². The Morgan fingerprint density at radius 2 is 1.57 bits per heavy atom. The number of ether oxygens (including phenoxy) is 6. The van der Waals surface area contributed by atoms with Gasteiger partial charge in [0.2, 0.25) is 0 Å². The maximum absolute atomic E-state index is 5.91. The SMILES string of the molecule is COCCOc1cccc(CN(Cc2cccc(OC)c2)c2nc(COCCOCCN3CCOCC3)co2)c1. The molecule has 0 unspecified atom stereocenters. The van der Waals surface area contributed by atoms with Gasteiger partial charge in [-0.15, -0.1) is 0 Å². The largest absolute Gasteiger partial charge is 0.497 e. The predicted molar refractivity (Wildman–Crippen MR) is 151 cm³/mol. The molecule has 3 aromatic rings. The quantitative estimate of drug-likeness (QED) is 0.216. The fourth-order valence-electron chi connectivity index (χ4n) is 4.30. The van der Waals surface area contributed by atoms with E-state index in [1.807, 2.05) is 36.4 Å². The normalized spacial score (nSPS) is 13.8. The van der Waals surface area contributed by atoms with E-state index in [1.54, 1.807) is 20.5 Å². The Kier molecular flexibility index (Phi) is 12.6. The molecule has 218 valence electrons. The number of morpholine rings is 1. The Hall–Kier alpha value is -3.15. The minimum absolute atomic E-state index is 0.353.